The van der Waals surface area contributed by atoms with Crippen LogP contribution in [0.1, 0.15) is 44.1 Å². The monoisotopic (exact) mass is 490 g/mol. The summed E-state index contributed by atoms with van der Waals surface area (Å²) in [6.45, 7) is 9.42. The molecule has 0 bridgehead atoms. The van der Waals surface area contributed by atoms with Crippen LogP contribution in [0.4, 0.5) is 5.13 Å². The summed E-state index contributed by atoms with van der Waals surface area (Å²) in [6.07, 6.45) is 2.10. The van der Waals surface area contributed by atoms with Crippen molar-refractivity contribution in [2.75, 3.05) is 24.5 Å². The standard InChI is InChI=1S/C27H32N3O2SSi/c1-27(2,3)22-18-30(26-28-23(19-33-26)24(31)29-16-10-11-17-29)25(22)32-34(20-12-6-4-7-13-20)21-14-8-5-9-15-21/h4-9,12-15,19,22,25H,10-11,16-18H2,1-3H3. The van der Waals surface area contributed by atoms with Gasteiger partial charge in [0.15, 0.2) is 5.13 Å². The molecule has 2 aliphatic heterocycles. The second kappa shape index (κ2) is 9.64. The van der Waals surface area contributed by atoms with Crippen LogP contribution in [0.3, 0.4) is 0 Å². The number of carbonyl (C=O) groups is 1. The maximum atomic E-state index is 12.9. The van der Waals surface area contributed by atoms with Crippen molar-refractivity contribution in [3.05, 3.63) is 71.7 Å². The fourth-order valence-electron chi connectivity index (χ4n) is 4.70. The van der Waals surface area contributed by atoms with Crippen molar-refractivity contribution < 1.29 is 9.22 Å². The topological polar surface area (TPSA) is 45.7 Å². The van der Waals surface area contributed by atoms with E-state index in [-0.39, 0.29) is 17.6 Å². The van der Waals surface area contributed by atoms with Gasteiger partial charge in [-0.2, -0.15) is 0 Å². The van der Waals surface area contributed by atoms with Gasteiger partial charge >= 0.3 is 0 Å². The lowest BCUT2D eigenvalue weighted by Crippen LogP contribution is -2.65. The van der Waals surface area contributed by atoms with Crippen molar-refractivity contribution in [2.45, 2.75) is 39.8 Å². The number of hydrogen-bond acceptors (Lipinski definition) is 5. The Morgan fingerprint density at radius 3 is 2.15 bits per heavy atom. The van der Waals surface area contributed by atoms with E-state index in [0.717, 1.165) is 37.6 Å². The van der Waals surface area contributed by atoms with Crippen LogP contribution in [0.5, 0.6) is 0 Å². The SMILES string of the molecule is CC(C)(C)C1CN(c2nc(C(=O)N3CCCC3)cs2)C1O[Si](c1ccccc1)c1ccccc1. The first-order chi connectivity index (χ1) is 16.4. The van der Waals surface area contributed by atoms with Gasteiger partial charge in [-0.3, -0.25) is 4.79 Å². The van der Waals surface area contributed by atoms with Crippen molar-refractivity contribution in [1.29, 1.82) is 0 Å². The van der Waals surface area contributed by atoms with Crippen LogP contribution in [0.15, 0.2) is 66.0 Å². The van der Waals surface area contributed by atoms with Crippen molar-refractivity contribution >= 4 is 41.8 Å². The molecule has 34 heavy (non-hydrogen) atoms. The van der Waals surface area contributed by atoms with E-state index in [0.29, 0.717) is 11.6 Å². The van der Waals surface area contributed by atoms with E-state index in [1.54, 1.807) is 11.3 Å². The van der Waals surface area contributed by atoms with Crippen molar-refractivity contribution in [3.63, 3.8) is 0 Å². The highest BCUT2D eigenvalue weighted by molar-refractivity contribution is 7.14. The highest BCUT2D eigenvalue weighted by Gasteiger charge is 2.48. The van der Waals surface area contributed by atoms with Gasteiger partial charge in [0.2, 0.25) is 0 Å². The van der Waals surface area contributed by atoms with Crippen LogP contribution >= 0.6 is 11.3 Å². The fourth-order valence-corrected chi connectivity index (χ4v) is 7.66. The van der Waals surface area contributed by atoms with E-state index in [1.807, 2.05) is 10.3 Å². The lowest BCUT2D eigenvalue weighted by molar-refractivity contribution is 0.00493. The van der Waals surface area contributed by atoms with Gasteiger partial charge in [-0.15, -0.1) is 11.3 Å². The first-order valence-electron chi connectivity index (χ1n) is 12.1. The van der Waals surface area contributed by atoms with Crippen molar-refractivity contribution in [1.82, 2.24) is 9.88 Å². The van der Waals surface area contributed by atoms with E-state index in [2.05, 4.69) is 86.3 Å². The number of thiazole rings is 1. The number of amides is 1. The number of anilines is 1. The molecule has 0 aliphatic carbocycles. The second-order valence-electron chi connectivity index (χ2n) is 10.2. The number of likely N-dealkylation sites (tertiary alicyclic amines) is 1. The Hall–Kier alpha value is -2.48. The van der Waals surface area contributed by atoms with Gasteiger partial charge in [0.1, 0.15) is 11.9 Å². The maximum absolute atomic E-state index is 12.9. The maximum Gasteiger partial charge on any atom is 0.285 e. The summed E-state index contributed by atoms with van der Waals surface area (Å²) in [5.41, 5.74) is 0.670. The van der Waals surface area contributed by atoms with Crippen LogP contribution in [-0.4, -0.2) is 50.7 Å². The van der Waals surface area contributed by atoms with Gasteiger partial charge in [-0.1, -0.05) is 81.4 Å². The zero-order valence-corrected chi connectivity index (χ0v) is 21.9. The Bertz CT molecular complexity index is 1070. The van der Waals surface area contributed by atoms with E-state index in [4.69, 9.17) is 9.41 Å². The minimum Gasteiger partial charge on any atom is -0.387 e. The molecule has 2 fully saturated rings. The van der Waals surface area contributed by atoms with Crippen LogP contribution in [0.2, 0.25) is 0 Å². The Morgan fingerprint density at radius 1 is 1.00 bits per heavy atom. The van der Waals surface area contributed by atoms with Crippen LogP contribution in [0.25, 0.3) is 0 Å². The van der Waals surface area contributed by atoms with Crippen LogP contribution < -0.4 is 15.3 Å². The molecule has 2 unspecified atom stereocenters. The molecule has 5 rings (SSSR count). The molecule has 0 saturated carbocycles. The molecule has 0 N–H and O–H groups in total. The summed E-state index contributed by atoms with van der Waals surface area (Å²) in [5, 5.41) is 5.28. The van der Waals surface area contributed by atoms with E-state index in [9.17, 15) is 4.79 Å². The quantitative estimate of drug-likeness (QED) is 0.490. The molecule has 177 valence electrons. The molecule has 1 amide bonds. The molecule has 1 aromatic heterocycles. The molecule has 2 aromatic carbocycles. The Morgan fingerprint density at radius 2 is 1.59 bits per heavy atom. The number of rotatable bonds is 6. The average molecular weight is 491 g/mol. The molecule has 0 spiro atoms. The van der Waals surface area contributed by atoms with Gasteiger partial charge in [0, 0.05) is 30.9 Å². The van der Waals surface area contributed by atoms with Crippen LogP contribution in [0, 0.1) is 11.3 Å². The van der Waals surface area contributed by atoms with Gasteiger partial charge < -0.3 is 14.2 Å². The number of aromatic nitrogens is 1. The molecule has 1 radical (unpaired) electrons. The Kier molecular flexibility index (Phi) is 6.60. The van der Waals surface area contributed by atoms with E-state index in [1.165, 1.54) is 10.4 Å². The molecule has 2 saturated heterocycles. The third-order valence-corrected chi connectivity index (χ3v) is 9.89. The van der Waals surface area contributed by atoms with E-state index >= 15 is 0 Å². The average Bonchev–Trinajstić information content (AvgIpc) is 3.52. The predicted molar refractivity (Wildman–Crippen MR) is 140 cm³/mol. The third kappa shape index (κ3) is 4.69. The summed E-state index contributed by atoms with van der Waals surface area (Å²) in [7, 11) is -1.45. The number of carbonyl (C=O) groups excluding carboxylic acids is 1. The van der Waals surface area contributed by atoms with Crippen molar-refractivity contribution in [3.8, 4) is 0 Å². The van der Waals surface area contributed by atoms with Gasteiger partial charge in [-0.05, 0) is 28.6 Å². The number of benzene rings is 2. The molecular formula is C27H32N3O2SSi. The van der Waals surface area contributed by atoms with Gasteiger partial charge in [0.05, 0.1) is 0 Å². The zero-order valence-electron chi connectivity index (χ0n) is 20.1. The zero-order chi connectivity index (χ0) is 23.7. The number of nitrogens with zero attached hydrogens (tertiary/aromatic N) is 3. The summed E-state index contributed by atoms with van der Waals surface area (Å²) >= 11 is 1.55. The lowest BCUT2D eigenvalue weighted by Gasteiger charge is -2.53. The summed E-state index contributed by atoms with van der Waals surface area (Å²) in [5.74, 6) is 0.435. The second-order valence-corrected chi connectivity index (χ2v) is 13.1. The van der Waals surface area contributed by atoms with Gasteiger partial charge in [0.25, 0.3) is 14.9 Å². The minimum absolute atomic E-state index is 0.0590. The fraction of sp³-hybridized carbons (Fsp3) is 0.407. The van der Waals surface area contributed by atoms with Crippen LogP contribution in [-0.2, 0) is 4.43 Å². The Labute approximate surface area is 208 Å². The molecule has 2 atom stereocenters. The Balaban J connectivity index is 1.43. The largest absolute Gasteiger partial charge is 0.387 e. The highest BCUT2D eigenvalue weighted by Crippen LogP contribution is 2.43. The molecule has 5 nitrogen and oxygen atoms in total. The number of hydrogen-bond donors (Lipinski definition) is 0. The van der Waals surface area contributed by atoms with E-state index < -0.39 is 9.04 Å². The normalized spacial score (nSPS) is 20.6. The smallest absolute Gasteiger partial charge is 0.285 e. The highest BCUT2D eigenvalue weighted by atomic mass is 32.1. The van der Waals surface area contributed by atoms with Gasteiger partial charge in [-0.25, -0.2) is 4.98 Å². The van der Waals surface area contributed by atoms with Crippen molar-refractivity contribution in [2.24, 2.45) is 11.3 Å². The molecule has 7 heteroatoms. The summed E-state index contributed by atoms with van der Waals surface area (Å²) < 4.78 is 7.03. The first kappa shape index (κ1) is 23.3. The first-order valence-corrected chi connectivity index (χ1v) is 14.4. The molecule has 3 heterocycles. The minimum atomic E-state index is -1.45. The lowest BCUT2D eigenvalue weighted by atomic mass is 9.74. The predicted octanol–water partition coefficient (Wildman–Crippen LogP) is 4.01. The summed E-state index contributed by atoms with van der Waals surface area (Å²) in [4.78, 5) is 21.8. The summed E-state index contributed by atoms with van der Waals surface area (Å²) in [6, 6.07) is 21.1. The third-order valence-electron chi connectivity index (χ3n) is 6.82. The molecule has 3 aromatic rings. The molecule has 2 aliphatic rings. The molecular weight excluding hydrogens is 458 g/mol.